The number of methoxy groups -OCH3 is 2. The van der Waals surface area contributed by atoms with E-state index < -0.39 is 0 Å². The fraction of sp³-hybridized carbons (Fsp3) is 0.667. The minimum absolute atomic E-state index is 0. The summed E-state index contributed by atoms with van der Waals surface area (Å²) in [6.07, 6.45) is 7.97. The molecule has 6 nitrogen and oxygen atoms in total. The van der Waals surface area contributed by atoms with Gasteiger partial charge in [-0.15, -0.1) is 24.0 Å². The number of aliphatic imine (C=N–C) groups is 1. The summed E-state index contributed by atoms with van der Waals surface area (Å²) in [5, 5.41) is 6.84. The maximum Gasteiger partial charge on any atom is 0.218 e. The minimum Gasteiger partial charge on any atom is -0.481 e. The Balaban J connectivity index is 0.00000312. The normalized spacial score (nSPS) is 16.2. The molecular weight excluding hydrogens is 431 g/mol. The first kappa shape index (κ1) is 22.0. The van der Waals surface area contributed by atoms with Gasteiger partial charge in [-0.3, -0.25) is 4.99 Å². The van der Waals surface area contributed by atoms with Crippen molar-refractivity contribution in [3.05, 3.63) is 23.9 Å². The molecule has 0 radical (unpaired) electrons. The molecule has 1 saturated carbocycles. The average molecular weight is 462 g/mol. The predicted molar refractivity (Wildman–Crippen MR) is 112 cm³/mol. The van der Waals surface area contributed by atoms with Crippen LogP contribution in [0.25, 0.3) is 0 Å². The number of nitrogens with one attached hydrogen (secondary N) is 2. The summed E-state index contributed by atoms with van der Waals surface area (Å²) in [7, 11) is 5.21. The molecule has 1 heterocycles. The van der Waals surface area contributed by atoms with Crippen molar-refractivity contribution in [1.82, 2.24) is 15.6 Å². The lowest BCUT2D eigenvalue weighted by Crippen LogP contribution is -2.43. The van der Waals surface area contributed by atoms with E-state index in [4.69, 9.17) is 9.47 Å². The molecule has 2 N–H and O–H groups in total. The molecule has 1 aromatic heterocycles. The summed E-state index contributed by atoms with van der Waals surface area (Å²) in [6, 6.07) is 3.91. The fourth-order valence-corrected chi connectivity index (χ4v) is 3.37. The highest BCUT2D eigenvalue weighted by Gasteiger charge is 2.33. The molecule has 0 unspecified atom stereocenters. The van der Waals surface area contributed by atoms with Crippen molar-refractivity contribution in [2.24, 2.45) is 10.4 Å². The number of hydrogen-bond donors (Lipinski definition) is 2. The first-order chi connectivity index (χ1) is 11.7. The molecule has 1 aromatic rings. The summed E-state index contributed by atoms with van der Waals surface area (Å²) < 4.78 is 10.6. The van der Waals surface area contributed by atoms with Crippen molar-refractivity contribution in [2.45, 2.75) is 38.6 Å². The van der Waals surface area contributed by atoms with E-state index in [9.17, 15) is 0 Å². The van der Waals surface area contributed by atoms with Crippen molar-refractivity contribution in [3.63, 3.8) is 0 Å². The van der Waals surface area contributed by atoms with Gasteiger partial charge < -0.3 is 20.1 Å². The maximum absolute atomic E-state index is 5.30. The zero-order chi connectivity index (χ0) is 17.3. The van der Waals surface area contributed by atoms with Gasteiger partial charge in [0.25, 0.3) is 0 Å². The van der Waals surface area contributed by atoms with Crippen LogP contribution in [0.2, 0.25) is 0 Å². The molecular formula is C18H31IN4O2. The van der Waals surface area contributed by atoms with Crippen molar-refractivity contribution in [1.29, 1.82) is 0 Å². The van der Waals surface area contributed by atoms with Gasteiger partial charge in [0.1, 0.15) is 0 Å². The molecule has 0 bridgehead atoms. The van der Waals surface area contributed by atoms with Gasteiger partial charge in [-0.2, -0.15) is 0 Å². The highest BCUT2D eigenvalue weighted by atomic mass is 127. The zero-order valence-corrected chi connectivity index (χ0v) is 17.8. The Morgan fingerprint density at radius 1 is 1.28 bits per heavy atom. The van der Waals surface area contributed by atoms with Crippen molar-refractivity contribution in [2.75, 3.05) is 34.4 Å². The summed E-state index contributed by atoms with van der Waals surface area (Å²) in [5.41, 5.74) is 1.34. The largest absolute Gasteiger partial charge is 0.481 e. The molecule has 0 spiro atoms. The number of nitrogens with zero attached hydrogens (tertiary/aromatic N) is 2. The second kappa shape index (κ2) is 11.5. The van der Waals surface area contributed by atoms with Gasteiger partial charge in [0, 0.05) is 45.6 Å². The van der Waals surface area contributed by atoms with Crippen LogP contribution in [0.5, 0.6) is 5.88 Å². The zero-order valence-electron chi connectivity index (χ0n) is 15.5. The van der Waals surface area contributed by atoms with Crippen LogP contribution in [0.4, 0.5) is 0 Å². The van der Waals surface area contributed by atoms with Crippen LogP contribution >= 0.6 is 24.0 Å². The van der Waals surface area contributed by atoms with E-state index in [0.29, 0.717) is 17.8 Å². The Morgan fingerprint density at radius 3 is 2.68 bits per heavy atom. The Labute approximate surface area is 168 Å². The van der Waals surface area contributed by atoms with Crippen LogP contribution in [0.15, 0.2) is 23.3 Å². The number of halogens is 1. The lowest BCUT2D eigenvalue weighted by atomic mass is 9.83. The quantitative estimate of drug-likeness (QED) is 0.353. The third-order valence-corrected chi connectivity index (χ3v) is 4.84. The molecule has 1 aliphatic rings. The number of ether oxygens (including phenoxy) is 2. The van der Waals surface area contributed by atoms with E-state index in [2.05, 4.69) is 20.6 Å². The number of pyridine rings is 1. The second-order valence-electron chi connectivity index (χ2n) is 6.40. The van der Waals surface area contributed by atoms with E-state index in [-0.39, 0.29) is 24.0 Å². The Morgan fingerprint density at radius 2 is 2.04 bits per heavy atom. The smallest absolute Gasteiger partial charge is 0.218 e. The molecule has 2 rings (SSSR count). The lowest BCUT2D eigenvalue weighted by molar-refractivity contribution is 0.138. The maximum atomic E-state index is 5.30. The van der Waals surface area contributed by atoms with Gasteiger partial charge in [0.05, 0.1) is 7.11 Å². The Kier molecular flexibility index (Phi) is 10.1. The standard InChI is InChI=1S/C18H30N4O2.HI/c1-19-17(21-13-15-7-6-11-20-16(15)24-3)22-14-18(10-12-23-2)8-4-5-9-18;/h6-7,11H,4-5,8-10,12-14H2,1-3H3,(H2,19,21,22);1H. The molecule has 1 fully saturated rings. The van der Waals surface area contributed by atoms with Gasteiger partial charge >= 0.3 is 0 Å². The van der Waals surface area contributed by atoms with E-state index in [1.54, 1.807) is 27.5 Å². The SMILES string of the molecule is CN=C(NCc1cccnc1OC)NCC1(CCOC)CCCC1.I. The molecule has 1 aliphatic carbocycles. The van der Waals surface area contributed by atoms with Crippen LogP contribution in [-0.4, -0.2) is 45.4 Å². The number of rotatable bonds is 8. The monoisotopic (exact) mass is 462 g/mol. The Hall–Kier alpha value is -1.09. The van der Waals surface area contributed by atoms with Crippen molar-refractivity contribution < 1.29 is 9.47 Å². The molecule has 0 atom stereocenters. The highest BCUT2D eigenvalue weighted by molar-refractivity contribution is 14.0. The van der Waals surface area contributed by atoms with Crippen LogP contribution in [0, 0.1) is 5.41 Å². The lowest BCUT2D eigenvalue weighted by Gasteiger charge is -2.30. The van der Waals surface area contributed by atoms with Crippen molar-refractivity contribution in [3.8, 4) is 5.88 Å². The molecule has 0 aromatic carbocycles. The van der Waals surface area contributed by atoms with Crippen LogP contribution in [0.1, 0.15) is 37.7 Å². The Bertz CT molecular complexity index is 534. The predicted octanol–water partition coefficient (Wildman–Crippen LogP) is 2.97. The van der Waals surface area contributed by atoms with Crippen LogP contribution < -0.4 is 15.4 Å². The number of aromatic nitrogens is 1. The minimum atomic E-state index is 0. The average Bonchev–Trinajstić information content (AvgIpc) is 3.09. The highest BCUT2D eigenvalue weighted by Crippen LogP contribution is 2.40. The van der Waals surface area contributed by atoms with E-state index in [0.717, 1.165) is 31.1 Å². The third-order valence-electron chi connectivity index (χ3n) is 4.84. The number of hydrogen-bond acceptors (Lipinski definition) is 4. The van der Waals surface area contributed by atoms with E-state index in [1.807, 2.05) is 12.1 Å². The van der Waals surface area contributed by atoms with E-state index >= 15 is 0 Å². The van der Waals surface area contributed by atoms with Gasteiger partial charge in [-0.25, -0.2) is 4.98 Å². The summed E-state index contributed by atoms with van der Waals surface area (Å²) in [6.45, 7) is 2.38. The van der Waals surface area contributed by atoms with Gasteiger partial charge in [-0.05, 0) is 30.7 Å². The van der Waals surface area contributed by atoms with Crippen LogP contribution in [-0.2, 0) is 11.3 Å². The van der Waals surface area contributed by atoms with Gasteiger partial charge in [-0.1, -0.05) is 18.9 Å². The molecule has 142 valence electrons. The van der Waals surface area contributed by atoms with E-state index in [1.165, 1.54) is 25.7 Å². The third kappa shape index (κ3) is 6.62. The van der Waals surface area contributed by atoms with Crippen molar-refractivity contribution >= 4 is 29.9 Å². The summed E-state index contributed by atoms with van der Waals surface area (Å²) >= 11 is 0. The summed E-state index contributed by atoms with van der Waals surface area (Å²) in [4.78, 5) is 8.55. The van der Waals surface area contributed by atoms with Crippen LogP contribution in [0.3, 0.4) is 0 Å². The number of guanidine groups is 1. The summed E-state index contributed by atoms with van der Waals surface area (Å²) in [5.74, 6) is 1.46. The molecule has 25 heavy (non-hydrogen) atoms. The topological polar surface area (TPSA) is 67.8 Å². The molecule has 0 amide bonds. The first-order valence-corrected chi connectivity index (χ1v) is 8.64. The molecule has 7 heteroatoms. The second-order valence-corrected chi connectivity index (χ2v) is 6.40. The van der Waals surface area contributed by atoms with Gasteiger partial charge in [0.15, 0.2) is 5.96 Å². The molecule has 0 saturated heterocycles. The first-order valence-electron chi connectivity index (χ1n) is 8.64. The molecule has 0 aliphatic heterocycles. The fourth-order valence-electron chi connectivity index (χ4n) is 3.37. The van der Waals surface area contributed by atoms with Gasteiger partial charge in [0.2, 0.25) is 5.88 Å².